The first-order valence-corrected chi connectivity index (χ1v) is 8.03. The maximum Gasteiger partial charge on any atom is 0.193 e. The van der Waals surface area contributed by atoms with Crippen LogP contribution in [0.3, 0.4) is 0 Å². The molecule has 2 rings (SSSR count). The fourth-order valence-electron chi connectivity index (χ4n) is 2.26. The van der Waals surface area contributed by atoms with Crippen molar-refractivity contribution in [3.05, 3.63) is 60.2 Å². The van der Waals surface area contributed by atoms with Crippen molar-refractivity contribution in [1.29, 1.82) is 0 Å². The Balaban J connectivity index is 0.00000312. The summed E-state index contributed by atoms with van der Waals surface area (Å²) >= 11 is 0. The molecule has 0 aliphatic heterocycles. The fourth-order valence-corrected chi connectivity index (χ4v) is 2.26. The van der Waals surface area contributed by atoms with Gasteiger partial charge < -0.3 is 15.8 Å². The lowest BCUT2D eigenvalue weighted by Crippen LogP contribution is -2.32. The van der Waals surface area contributed by atoms with Crippen molar-refractivity contribution in [1.82, 2.24) is 4.90 Å². The molecule has 136 valence electrons. The van der Waals surface area contributed by atoms with E-state index in [1.807, 2.05) is 30.3 Å². The van der Waals surface area contributed by atoms with Gasteiger partial charge in [-0.15, -0.1) is 24.0 Å². The van der Waals surface area contributed by atoms with Gasteiger partial charge in [-0.05, 0) is 43.8 Å². The molecule has 6 heteroatoms. The molecular formula is C19H27IN4O. The summed E-state index contributed by atoms with van der Waals surface area (Å²) in [5.41, 5.74) is 8.15. The minimum Gasteiger partial charge on any atom is -0.497 e. The Hall–Kier alpha value is -1.80. The summed E-state index contributed by atoms with van der Waals surface area (Å²) in [5, 5.41) is 3.09. The second-order valence-corrected chi connectivity index (χ2v) is 5.83. The summed E-state index contributed by atoms with van der Waals surface area (Å²) in [4.78, 5) is 6.70. The smallest absolute Gasteiger partial charge is 0.193 e. The van der Waals surface area contributed by atoms with Crippen LogP contribution in [0.4, 0.5) is 5.69 Å². The van der Waals surface area contributed by atoms with Crippen molar-refractivity contribution < 1.29 is 4.74 Å². The first-order chi connectivity index (χ1) is 11.6. The van der Waals surface area contributed by atoms with Crippen LogP contribution in [0, 0.1) is 0 Å². The van der Waals surface area contributed by atoms with Gasteiger partial charge in [-0.2, -0.15) is 0 Å². The average Bonchev–Trinajstić information content (AvgIpc) is 2.61. The van der Waals surface area contributed by atoms with Gasteiger partial charge in [0.25, 0.3) is 0 Å². The number of methoxy groups -OCH3 is 1. The Bertz CT molecular complexity index is 646. The van der Waals surface area contributed by atoms with Crippen molar-refractivity contribution in [3.63, 3.8) is 0 Å². The van der Waals surface area contributed by atoms with Crippen LogP contribution in [0.2, 0.25) is 0 Å². The summed E-state index contributed by atoms with van der Waals surface area (Å²) in [6.07, 6.45) is 0. The van der Waals surface area contributed by atoms with Gasteiger partial charge in [0.15, 0.2) is 5.96 Å². The average molecular weight is 454 g/mol. The van der Waals surface area contributed by atoms with Gasteiger partial charge >= 0.3 is 0 Å². The number of aliphatic imine (C=N–C) groups is 1. The molecular weight excluding hydrogens is 427 g/mol. The molecule has 2 aromatic rings. The molecule has 0 saturated carbocycles. The molecule has 0 spiro atoms. The molecule has 5 nitrogen and oxygen atoms in total. The number of rotatable bonds is 7. The normalized spacial score (nSPS) is 12.4. The maximum absolute atomic E-state index is 5.97. The molecule has 0 heterocycles. The van der Waals surface area contributed by atoms with Crippen LogP contribution in [-0.4, -0.2) is 37.6 Å². The quantitative estimate of drug-likeness (QED) is 0.382. The number of hydrogen-bond acceptors (Lipinski definition) is 3. The SMILES string of the molecule is COc1ccc(NC(N)=NCC(C)N(C)Cc2ccccc2)cc1.I. The van der Waals surface area contributed by atoms with E-state index in [9.17, 15) is 0 Å². The summed E-state index contributed by atoms with van der Waals surface area (Å²) in [6.45, 7) is 3.68. The molecule has 25 heavy (non-hydrogen) atoms. The summed E-state index contributed by atoms with van der Waals surface area (Å²) in [6, 6.07) is 18.3. The standard InChI is InChI=1S/C19H26N4O.HI/c1-15(23(2)14-16-7-5-4-6-8-16)13-21-19(20)22-17-9-11-18(24-3)12-10-17;/h4-12,15H,13-14H2,1-3H3,(H3,20,21,22);1H. The van der Waals surface area contributed by atoms with Crippen LogP contribution in [-0.2, 0) is 6.54 Å². The molecule has 0 amide bonds. The molecule has 0 bridgehead atoms. The maximum atomic E-state index is 5.97. The van der Waals surface area contributed by atoms with Crippen LogP contribution >= 0.6 is 24.0 Å². The Morgan fingerprint density at radius 2 is 1.80 bits per heavy atom. The zero-order chi connectivity index (χ0) is 17.4. The van der Waals surface area contributed by atoms with E-state index in [4.69, 9.17) is 10.5 Å². The molecule has 0 aromatic heterocycles. The monoisotopic (exact) mass is 454 g/mol. The van der Waals surface area contributed by atoms with Gasteiger partial charge in [0, 0.05) is 18.3 Å². The van der Waals surface area contributed by atoms with Crippen LogP contribution in [0.15, 0.2) is 59.6 Å². The lowest BCUT2D eigenvalue weighted by molar-refractivity contribution is 0.255. The number of benzene rings is 2. The minimum absolute atomic E-state index is 0. The topological polar surface area (TPSA) is 62.9 Å². The molecule has 0 aliphatic rings. The summed E-state index contributed by atoms with van der Waals surface area (Å²) in [5.74, 6) is 1.23. The zero-order valence-corrected chi connectivity index (χ0v) is 17.3. The van der Waals surface area contributed by atoms with E-state index in [0.717, 1.165) is 18.0 Å². The van der Waals surface area contributed by atoms with Gasteiger partial charge in [0.1, 0.15) is 5.75 Å². The molecule has 0 aliphatic carbocycles. The third kappa shape index (κ3) is 7.31. The Labute approximate surface area is 167 Å². The highest BCUT2D eigenvalue weighted by Crippen LogP contribution is 2.14. The van der Waals surface area contributed by atoms with E-state index in [1.165, 1.54) is 5.56 Å². The van der Waals surface area contributed by atoms with Gasteiger partial charge in [-0.1, -0.05) is 30.3 Å². The molecule has 2 aromatic carbocycles. The van der Waals surface area contributed by atoms with Crippen LogP contribution < -0.4 is 15.8 Å². The number of likely N-dealkylation sites (N-methyl/N-ethyl adjacent to an activating group) is 1. The third-order valence-corrected chi connectivity index (χ3v) is 3.92. The molecule has 3 N–H and O–H groups in total. The molecule has 0 radical (unpaired) electrons. The van der Waals surface area contributed by atoms with E-state index < -0.39 is 0 Å². The van der Waals surface area contributed by atoms with Crippen molar-refractivity contribution in [2.24, 2.45) is 10.7 Å². The van der Waals surface area contributed by atoms with Crippen molar-refractivity contribution >= 4 is 35.6 Å². The van der Waals surface area contributed by atoms with Crippen molar-refractivity contribution in [2.75, 3.05) is 26.0 Å². The summed E-state index contributed by atoms with van der Waals surface area (Å²) in [7, 11) is 3.74. The van der Waals surface area contributed by atoms with Gasteiger partial charge in [0.2, 0.25) is 0 Å². The van der Waals surface area contributed by atoms with Gasteiger partial charge in [-0.3, -0.25) is 9.89 Å². The van der Waals surface area contributed by atoms with E-state index in [-0.39, 0.29) is 24.0 Å². The first-order valence-electron chi connectivity index (χ1n) is 8.03. The number of hydrogen-bond donors (Lipinski definition) is 2. The van der Waals surface area contributed by atoms with Gasteiger partial charge in [-0.25, -0.2) is 0 Å². The highest BCUT2D eigenvalue weighted by atomic mass is 127. The number of nitrogens with two attached hydrogens (primary N) is 1. The lowest BCUT2D eigenvalue weighted by Gasteiger charge is -2.23. The first kappa shape index (κ1) is 21.2. The van der Waals surface area contributed by atoms with E-state index in [1.54, 1.807) is 7.11 Å². The highest BCUT2D eigenvalue weighted by molar-refractivity contribution is 14.0. The lowest BCUT2D eigenvalue weighted by atomic mass is 10.2. The number of anilines is 1. The number of nitrogens with one attached hydrogen (secondary N) is 1. The minimum atomic E-state index is 0. The molecule has 0 fully saturated rings. The highest BCUT2D eigenvalue weighted by Gasteiger charge is 2.09. The molecule has 1 atom stereocenters. The van der Waals surface area contributed by atoms with E-state index in [2.05, 4.69) is 53.4 Å². The van der Waals surface area contributed by atoms with E-state index in [0.29, 0.717) is 18.5 Å². The van der Waals surface area contributed by atoms with E-state index >= 15 is 0 Å². The zero-order valence-electron chi connectivity index (χ0n) is 15.0. The third-order valence-electron chi connectivity index (χ3n) is 3.92. The van der Waals surface area contributed by atoms with Crippen LogP contribution in [0.25, 0.3) is 0 Å². The van der Waals surface area contributed by atoms with Crippen molar-refractivity contribution in [3.8, 4) is 5.75 Å². The van der Waals surface area contributed by atoms with Crippen LogP contribution in [0.1, 0.15) is 12.5 Å². The second kappa shape index (κ2) is 10.9. The number of halogens is 1. The predicted octanol–water partition coefficient (Wildman–Crippen LogP) is 3.56. The van der Waals surface area contributed by atoms with Crippen molar-refractivity contribution in [2.45, 2.75) is 19.5 Å². The number of nitrogens with zero attached hydrogens (tertiary/aromatic N) is 2. The summed E-state index contributed by atoms with van der Waals surface area (Å²) < 4.78 is 5.13. The number of guanidine groups is 1. The second-order valence-electron chi connectivity index (χ2n) is 5.83. The Kier molecular flexibility index (Phi) is 9.30. The Morgan fingerprint density at radius 3 is 2.40 bits per heavy atom. The van der Waals surface area contributed by atoms with Gasteiger partial charge in [0.05, 0.1) is 13.7 Å². The largest absolute Gasteiger partial charge is 0.497 e. The Morgan fingerprint density at radius 1 is 1.16 bits per heavy atom. The molecule has 1 unspecified atom stereocenters. The van der Waals surface area contributed by atoms with Crippen LogP contribution in [0.5, 0.6) is 5.75 Å². The molecule has 0 saturated heterocycles. The predicted molar refractivity (Wildman–Crippen MR) is 116 cm³/mol. The number of ether oxygens (including phenoxy) is 1. The fraction of sp³-hybridized carbons (Fsp3) is 0.316.